The van der Waals surface area contributed by atoms with E-state index in [0.717, 1.165) is 36.1 Å². The molecule has 1 aliphatic rings. The molecule has 174 valence electrons. The highest BCUT2D eigenvalue weighted by Gasteiger charge is 2.26. The van der Waals surface area contributed by atoms with Gasteiger partial charge in [0.2, 0.25) is 11.1 Å². The molecular formula is C21H24N6O4S2. The number of amides is 2. The van der Waals surface area contributed by atoms with Gasteiger partial charge < -0.3 is 20.5 Å². The number of thiophene rings is 1. The Morgan fingerprint density at radius 2 is 2.03 bits per heavy atom. The van der Waals surface area contributed by atoms with Crippen LogP contribution in [0.15, 0.2) is 29.4 Å². The minimum atomic E-state index is -0.246. The first-order chi connectivity index (χ1) is 16.1. The average Bonchev–Trinajstić information content (AvgIpc) is 3.42. The fraction of sp³-hybridized carbons (Fsp3) is 0.381. The van der Waals surface area contributed by atoms with Crippen molar-refractivity contribution in [2.45, 2.75) is 30.8 Å². The molecular weight excluding hydrogens is 464 g/mol. The zero-order valence-electron chi connectivity index (χ0n) is 18.0. The molecule has 3 aromatic rings. The third kappa shape index (κ3) is 5.52. The standard InChI is InChI=1S/C21H24N6O4S2/c1-31-11-10-22-19(30)18-15-4-2-3-5-16(15)33-20(18)23-17(29)12-32-21-24-25-26-27(21)13-6-8-14(28)9-7-13/h6-9,28H,2-5,10-12H2,1H3,(H,22,30)(H,23,29). The molecule has 10 nitrogen and oxygen atoms in total. The van der Waals surface area contributed by atoms with E-state index in [1.54, 1.807) is 19.2 Å². The number of thioether (sulfide) groups is 1. The number of nitrogens with zero attached hydrogens (tertiary/aromatic N) is 4. The Morgan fingerprint density at radius 1 is 1.24 bits per heavy atom. The maximum absolute atomic E-state index is 12.9. The zero-order chi connectivity index (χ0) is 23.2. The maximum Gasteiger partial charge on any atom is 0.254 e. The number of hydrogen-bond donors (Lipinski definition) is 3. The van der Waals surface area contributed by atoms with E-state index >= 15 is 0 Å². The van der Waals surface area contributed by atoms with Crippen molar-refractivity contribution < 1.29 is 19.4 Å². The van der Waals surface area contributed by atoms with Crippen LogP contribution in [-0.2, 0) is 22.4 Å². The number of nitrogens with one attached hydrogen (secondary N) is 2. The van der Waals surface area contributed by atoms with Crippen molar-refractivity contribution in [2.24, 2.45) is 0 Å². The Labute approximate surface area is 198 Å². The number of aromatic nitrogens is 4. The first kappa shape index (κ1) is 23.2. The number of phenols is 1. The van der Waals surface area contributed by atoms with Crippen molar-refractivity contribution in [2.75, 3.05) is 31.3 Å². The van der Waals surface area contributed by atoms with E-state index in [9.17, 15) is 14.7 Å². The molecule has 0 aliphatic heterocycles. The van der Waals surface area contributed by atoms with E-state index < -0.39 is 0 Å². The van der Waals surface area contributed by atoms with E-state index in [1.807, 2.05) is 0 Å². The van der Waals surface area contributed by atoms with Gasteiger partial charge in [-0.1, -0.05) is 11.8 Å². The molecule has 0 radical (unpaired) electrons. The highest BCUT2D eigenvalue weighted by atomic mass is 32.2. The summed E-state index contributed by atoms with van der Waals surface area (Å²) in [5.74, 6) is -0.220. The Hall–Kier alpha value is -2.96. The number of anilines is 1. The normalized spacial score (nSPS) is 12.9. The lowest BCUT2D eigenvalue weighted by Gasteiger charge is -2.13. The monoisotopic (exact) mass is 488 g/mol. The molecule has 1 aliphatic carbocycles. The van der Waals surface area contributed by atoms with Crippen LogP contribution in [0.5, 0.6) is 5.75 Å². The SMILES string of the molecule is COCCNC(=O)c1c(NC(=O)CSc2nnnn2-c2ccc(O)cc2)sc2c1CCCC2. The summed E-state index contributed by atoms with van der Waals surface area (Å²) in [6, 6.07) is 6.44. The van der Waals surface area contributed by atoms with E-state index in [0.29, 0.717) is 34.6 Å². The number of hydrogen-bond acceptors (Lipinski definition) is 9. The van der Waals surface area contributed by atoms with E-state index in [4.69, 9.17) is 4.74 Å². The number of aromatic hydroxyl groups is 1. The quantitative estimate of drug-likeness (QED) is 0.309. The fourth-order valence-corrected chi connectivity index (χ4v) is 5.56. The van der Waals surface area contributed by atoms with E-state index in [-0.39, 0.29) is 23.3 Å². The van der Waals surface area contributed by atoms with Crippen LogP contribution in [0, 0.1) is 0 Å². The maximum atomic E-state index is 12.9. The van der Waals surface area contributed by atoms with Crippen LogP contribution >= 0.6 is 23.1 Å². The molecule has 0 unspecified atom stereocenters. The van der Waals surface area contributed by atoms with Gasteiger partial charge in [0.25, 0.3) is 5.91 Å². The average molecular weight is 489 g/mol. The molecule has 0 saturated carbocycles. The van der Waals surface area contributed by atoms with Crippen molar-refractivity contribution in [3.8, 4) is 11.4 Å². The van der Waals surface area contributed by atoms with Gasteiger partial charge in [-0.3, -0.25) is 9.59 Å². The molecule has 2 heterocycles. The van der Waals surface area contributed by atoms with Crippen molar-refractivity contribution in [3.63, 3.8) is 0 Å². The molecule has 2 amide bonds. The summed E-state index contributed by atoms with van der Waals surface area (Å²) < 4.78 is 6.51. The van der Waals surface area contributed by atoms with Crippen LogP contribution in [-0.4, -0.2) is 63.1 Å². The predicted octanol–water partition coefficient (Wildman–Crippen LogP) is 2.42. The molecule has 1 aromatic carbocycles. The van der Waals surface area contributed by atoms with Gasteiger partial charge in [0, 0.05) is 18.5 Å². The third-order valence-corrected chi connectivity index (χ3v) is 7.24. The second kappa shape index (κ2) is 10.8. The molecule has 12 heteroatoms. The largest absolute Gasteiger partial charge is 0.508 e. The molecule has 3 N–H and O–H groups in total. The van der Waals surface area contributed by atoms with Gasteiger partial charge in [0.1, 0.15) is 10.8 Å². The Balaban J connectivity index is 1.45. The Kier molecular flexibility index (Phi) is 7.57. The van der Waals surface area contributed by atoms with E-state index in [1.165, 1.54) is 39.9 Å². The zero-order valence-corrected chi connectivity index (χ0v) is 19.7. The smallest absolute Gasteiger partial charge is 0.254 e. The minimum Gasteiger partial charge on any atom is -0.508 e. The van der Waals surface area contributed by atoms with Crippen molar-refractivity contribution in [1.29, 1.82) is 0 Å². The topological polar surface area (TPSA) is 131 Å². The molecule has 0 atom stereocenters. The summed E-state index contributed by atoms with van der Waals surface area (Å²) >= 11 is 2.67. The number of carbonyl (C=O) groups excluding carboxylic acids is 2. The lowest BCUT2D eigenvalue weighted by molar-refractivity contribution is -0.113. The number of benzene rings is 1. The lowest BCUT2D eigenvalue weighted by Crippen LogP contribution is -2.29. The van der Waals surface area contributed by atoms with Crippen LogP contribution in [0.25, 0.3) is 5.69 Å². The number of phenolic OH excluding ortho intramolecular Hbond substituents is 1. The minimum absolute atomic E-state index is 0.0752. The van der Waals surface area contributed by atoms with Crippen LogP contribution in [0.3, 0.4) is 0 Å². The number of tetrazole rings is 1. The second-order valence-electron chi connectivity index (χ2n) is 7.39. The van der Waals surface area contributed by atoms with Crippen LogP contribution < -0.4 is 10.6 Å². The van der Waals surface area contributed by atoms with Gasteiger partial charge in [-0.15, -0.1) is 16.4 Å². The summed E-state index contributed by atoms with van der Waals surface area (Å²) in [5.41, 5.74) is 2.28. The van der Waals surface area contributed by atoms with Gasteiger partial charge >= 0.3 is 0 Å². The molecule has 0 saturated heterocycles. The first-order valence-electron chi connectivity index (χ1n) is 10.5. The van der Waals surface area contributed by atoms with Crippen molar-refractivity contribution >= 4 is 39.9 Å². The summed E-state index contributed by atoms with van der Waals surface area (Å²) in [7, 11) is 1.58. The molecule has 33 heavy (non-hydrogen) atoms. The lowest BCUT2D eigenvalue weighted by atomic mass is 9.95. The third-order valence-electron chi connectivity index (χ3n) is 5.11. The number of fused-ring (bicyclic) bond motifs is 1. The highest BCUT2D eigenvalue weighted by Crippen LogP contribution is 2.38. The number of aryl methyl sites for hydroxylation is 1. The van der Waals surface area contributed by atoms with Crippen molar-refractivity contribution in [1.82, 2.24) is 25.5 Å². The van der Waals surface area contributed by atoms with Gasteiger partial charge in [-0.2, -0.15) is 4.68 Å². The van der Waals surface area contributed by atoms with Gasteiger partial charge in [0.15, 0.2) is 0 Å². The number of ether oxygens (including phenoxy) is 1. The van der Waals surface area contributed by atoms with Crippen LogP contribution in [0.4, 0.5) is 5.00 Å². The van der Waals surface area contributed by atoms with Crippen molar-refractivity contribution in [3.05, 3.63) is 40.3 Å². The molecule has 0 spiro atoms. The fourth-order valence-electron chi connectivity index (χ4n) is 3.57. The summed E-state index contributed by atoms with van der Waals surface area (Å²) in [6.45, 7) is 0.829. The molecule has 4 rings (SSSR count). The summed E-state index contributed by atoms with van der Waals surface area (Å²) in [6.07, 6.45) is 3.88. The Bertz CT molecular complexity index is 1130. The Morgan fingerprint density at radius 3 is 2.82 bits per heavy atom. The molecule has 0 fully saturated rings. The second-order valence-corrected chi connectivity index (χ2v) is 9.44. The number of methoxy groups -OCH3 is 1. The predicted molar refractivity (Wildman–Crippen MR) is 125 cm³/mol. The molecule has 2 aromatic heterocycles. The van der Waals surface area contributed by atoms with Gasteiger partial charge in [0.05, 0.1) is 23.6 Å². The molecule has 0 bridgehead atoms. The van der Waals surface area contributed by atoms with Crippen LogP contribution in [0.2, 0.25) is 0 Å². The van der Waals surface area contributed by atoms with E-state index in [2.05, 4.69) is 26.2 Å². The van der Waals surface area contributed by atoms with Crippen LogP contribution in [0.1, 0.15) is 33.6 Å². The number of carbonyl (C=O) groups is 2. The van der Waals surface area contributed by atoms with Gasteiger partial charge in [-0.25, -0.2) is 0 Å². The first-order valence-corrected chi connectivity index (χ1v) is 12.3. The highest BCUT2D eigenvalue weighted by molar-refractivity contribution is 7.99. The summed E-state index contributed by atoms with van der Waals surface area (Å²) in [4.78, 5) is 26.8. The summed E-state index contributed by atoms with van der Waals surface area (Å²) in [5, 5.41) is 27.9. The van der Waals surface area contributed by atoms with Gasteiger partial charge in [-0.05, 0) is 65.9 Å². The number of rotatable bonds is 9.